The third kappa shape index (κ3) is 5.05. The predicted molar refractivity (Wildman–Crippen MR) is 92.6 cm³/mol. The van der Waals surface area contributed by atoms with Gasteiger partial charge in [-0.1, -0.05) is 30.8 Å². The zero-order valence-electron chi connectivity index (χ0n) is 13.8. The van der Waals surface area contributed by atoms with Gasteiger partial charge in [-0.05, 0) is 42.3 Å². The van der Waals surface area contributed by atoms with Crippen LogP contribution in [-0.4, -0.2) is 18.5 Å². The van der Waals surface area contributed by atoms with E-state index in [9.17, 15) is 9.59 Å². The second-order valence-electron chi connectivity index (χ2n) is 5.19. The number of carbonyl (C=O) groups excluding carboxylic acids is 2. The van der Waals surface area contributed by atoms with Crippen molar-refractivity contribution >= 4 is 11.9 Å². The van der Waals surface area contributed by atoms with Gasteiger partial charge in [-0.25, -0.2) is 4.79 Å². The van der Waals surface area contributed by atoms with Crippen LogP contribution in [0.25, 0.3) is 11.1 Å². The van der Waals surface area contributed by atoms with E-state index >= 15 is 0 Å². The van der Waals surface area contributed by atoms with Gasteiger partial charge in [0, 0.05) is 5.57 Å². The van der Waals surface area contributed by atoms with Crippen molar-refractivity contribution in [3.8, 4) is 22.9 Å². The Morgan fingerprint density at radius 1 is 1.04 bits per heavy atom. The fourth-order valence-corrected chi connectivity index (χ4v) is 2.09. The van der Waals surface area contributed by atoms with Crippen molar-refractivity contribution < 1.29 is 19.1 Å². The Morgan fingerprint density at radius 3 is 2.12 bits per heavy atom. The van der Waals surface area contributed by atoms with Gasteiger partial charge >= 0.3 is 11.9 Å². The summed E-state index contributed by atoms with van der Waals surface area (Å²) in [7, 11) is 0. The molecule has 0 heterocycles. The Balaban J connectivity index is 1.99. The molecule has 126 valence electrons. The van der Waals surface area contributed by atoms with Gasteiger partial charge < -0.3 is 9.47 Å². The number of carbonyl (C=O) groups is 2. The first-order valence-corrected chi connectivity index (χ1v) is 7.69. The third-order valence-electron chi connectivity index (χ3n) is 3.36. The molecule has 0 unspecified atom stereocenters. The molecule has 0 aliphatic carbocycles. The SMILES string of the molecule is C=C(CC(=O)OCC)C(=O)Oc1ccc(-c2ccc(C#N)cc2)cc1. The number of benzene rings is 2. The minimum absolute atomic E-state index is 0.0367. The summed E-state index contributed by atoms with van der Waals surface area (Å²) in [6, 6.07) is 16.2. The molecule has 0 radical (unpaired) electrons. The highest BCUT2D eigenvalue weighted by atomic mass is 16.5. The highest BCUT2D eigenvalue weighted by molar-refractivity contribution is 5.94. The van der Waals surface area contributed by atoms with Crippen LogP contribution in [0.3, 0.4) is 0 Å². The summed E-state index contributed by atoms with van der Waals surface area (Å²) in [5.41, 5.74) is 2.50. The quantitative estimate of drug-likeness (QED) is 0.457. The van der Waals surface area contributed by atoms with Crippen LogP contribution < -0.4 is 4.74 Å². The number of ether oxygens (including phenoxy) is 2. The van der Waals surface area contributed by atoms with Crippen molar-refractivity contribution in [2.75, 3.05) is 6.61 Å². The maximum atomic E-state index is 11.9. The summed E-state index contributed by atoms with van der Waals surface area (Å²) in [5, 5.41) is 8.81. The molecule has 0 aliphatic rings. The lowest BCUT2D eigenvalue weighted by Crippen LogP contribution is -2.15. The molecule has 2 aromatic carbocycles. The first-order valence-electron chi connectivity index (χ1n) is 7.69. The maximum absolute atomic E-state index is 11.9. The largest absolute Gasteiger partial charge is 0.466 e. The van der Waals surface area contributed by atoms with Crippen molar-refractivity contribution in [1.82, 2.24) is 0 Å². The van der Waals surface area contributed by atoms with E-state index in [0.29, 0.717) is 11.3 Å². The summed E-state index contributed by atoms with van der Waals surface area (Å²) in [6.45, 7) is 5.49. The van der Waals surface area contributed by atoms with Crippen LogP contribution in [0, 0.1) is 11.3 Å². The second kappa shape index (κ2) is 8.46. The molecular weight excluding hydrogens is 318 g/mol. The van der Waals surface area contributed by atoms with E-state index in [4.69, 9.17) is 14.7 Å². The topological polar surface area (TPSA) is 76.4 Å². The highest BCUT2D eigenvalue weighted by Gasteiger charge is 2.14. The van der Waals surface area contributed by atoms with E-state index in [1.54, 1.807) is 43.3 Å². The van der Waals surface area contributed by atoms with E-state index in [1.807, 2.05) is 12.1 Å². The first-order chi connectivity index (χ1) is 12.0. The van der Waals surface area contributed by atoms with E-state index in [0.717, 1.165) is 11.1 Å². The normalized spacial score (nSPS) is 9.76. The molecule has 2 aromatic rings. The molecule has 5 nitrogen and oxygen atoms in total. The summed E-state index contributed by atoms with van der Waals surface area (Å²) in [6.07, 6.45) is -0.198. The monoisotopic (exact) mass is 335 g/mol. The Morgan fingerprint density at radius 2 is 1.60 bits per heavy atom. The number of nitriles is 1. The third-order valence-corrected chi connectivity index (χ3v) is 3.36. The van der Waals surface area contributed by atoms with Crippen molar-refractivity contribution in [3.63, 3.8) is 0 Å². The van der Waals surface area contributed by atoms with E-state index < -0.39 is 11.9 Å². The number of hydrogen-bond acceptors (Lipinski definition) is 5. The van der Waals surface area contributed by atoms with E-state index in [1.165, 1.54) is 0 Å². The number of nitrogens with zero attached hydrogens (tertiary/aromatic N) is 1. The molecule has 0 bridgehead atoms. The number of esters is 2. The summed E-state index contributed by atoms with van der Waals surface area (Å²) in [4.78, 5) is 23.3. The van der Waals surface area contributed by atoms with Gasteiger partial charge in [-0.3, -0.25) is 4.79 Å². The van der Waals surface area contributed by atoms with Gasteiger partial charge in [0.25, 0.3) is 0 Å². The molecule has 0 spiro atoms. The van der Waals surface area contributed by atoms with Crippen LogP contribution in [0.1, 0.15) is 18.9 Å². The van der Waals surface area contributed by atoms with Crippen LogP contribution in [0.5, 0.6) is 5.75 Å². The van der Waals surface area contributed by atoms with Gasteiger partial charge in [-0.15, -0.1) is 0 Å². The zero-order valence-corrected chi connectivity index (χ0v) is 13.8. The number of rotatable bonds is 6. The van der Waals surface area contributed by atoms with Gasteiger partial charge in [0.1, 0.15) is 5.75 Å². The lowest BCUT2D eigenvalue weighted by atomic mass is 10.0. The zero-order chi connectivity index (χ0) is 18.2. The molecule has 0 saturated carbocycles. The van der Waals surface area contributed by atoms with Crippen LogP contribution in [0.15, 0.2) is 60.7 Å². The molecule has 0 amide bonds. The fraction of sp³-hybridized carbons (Fsp3) is 0.150. The van der Waals surface area contributed by atoms with Crippen LogP contribution in [0.4, 0.5) is 0 Å². The van der Waals surface area contributed by atoms with Gasteiger partial charge in [-0.2, -0.15) is 5.26 Å². The smallest absolute Gasteiger partial charge is 0.339 e. The first kappa shape index (κ1) is 18.0. The minimum atomic E-state index is -0.667. The number of hydrogen-bond donors (Lipinski definition) is 0. The Hall–Kier alpha value is -3.39. The molecule has 0 aromatic heterocycles. The standard InChI is InChI=1S/C20H17NO4/c1-3-24-19(22)12-14(2)20(23)25-18-10-8-17(9-11-18)16-6-4-15(13-21)5-7-16/h4-11H,2-3,12H2,1H3. The molecule has 2 rings (SSSR count). The molecule has 0 N–H and O–H groups in total. The van der Waals surface area contributed by atoms with E-state index in [-0.39, 0.29) is 18.6 Å². The van der Waals surface area contributed by atoms with Gasteiger partial charge in [0.2, 0.25) is 0 Å². The Labute approximate surface area is 146 Å². The average Bonchev–Trinajstić information content (AvgIpc) is 2.62. The molecule has 5 heteroatoms. The second-order valence-corrected chi connectivity index (χ2v) is 5.19. The fourth-order valence-electron chi connectivity index (χ4n) is 2.09. The maximum Gasteiger partial charge on any atom is 0.339 e. The van der Waals surface area contributed by atoms with Crippen LogP contribution in [-0.2, 0) is 14.3 Å². The summed E-state index contributed by atoms with van der Waals surface area (Å²) in [5.74, 6) is -0.827. The van der Waals surface area contributed by atoms with E-state index in [2.05, 4.69) is 12.6 Å². The van der Waals surface area contributed by atoms with Crippen molar-refractivity contribution in [3.05, 3.63) is 66.2 Å². The predicted octanol–water partition coefficient (Wildman–Crippen LogP) is 3.64. The average molecular weight is 335 g/mol. The van der Waals surface area contributed by atoms with Gasteiger partial charge in [0.15, 0.2) is 0 Å². The summed E-state index contributed by atoms with van der Waals surface area (Å²) < 4.78 is 9.96. The molecule has 0 aliphatic heterocycles. The van der Waals surface area contributed by atoms with Crippen molar-refractivity contribution in [2.24, 2.45) is 0 Å². The Kier molecular flexibility index (Phi) is 6.08. The highest BCUT2D eigenvalue weighted by Crippen LogP contribution is 2.23. The lowest BCUT2D eigenvalue weighted by Gasteiger charge is -2.08. The van der Waals surface area contributed by atoms with Crippen molar-refractivity contribution in [1.29, 1.82) is 5.26 Å². The minimum Gasteiger partial charge on any atom is -0.466 e. The Bertz CT molecular complexity index is 814. The van der Waals surface area contributed by atoms with Crippen LogP contribution in [0.2, 0.25) is 0 Å². The van der Waals surface area contributed by atoms with Crippen molar-refractivity contribution in [2.45, 2.75) is 13.3 Å². The molecule has 0 atom stereocenters. The molecule has 0 fully saturated rings. The molecule has 0 saturated heterocycles. The molecule has 25 heavy (non-hydrogen) atoms. The molecular formula is C20H17NO4. The lowest BCUT2D eigenvalue weighted by molar-refractivity contribution is -0.143. The van der Waals surface area contributed by atoms with Gasteiger partial charge in [0.05, 0.1) is 24.7 Å². The summed E-state index contributed by atoms with van der Waals surface area (Å²) >= 11 is 0. The van der Waals surface area contributed by atoms with Crippen LogP contribution >= 0.6 is 0 Å².